The largest absolute Gasteiger partial charge is 0.478 e. The van der Waals surface area contributed by atoms with E-state index in [2.05, 4.69) is 72.3 Å². The summed E-state index contributed by atoms with van der Waals surface area (Å²) in [7, 11) is 0. The van der Waals surface area contributed by atoms with Gasteiger partial charge in [-0.2, -0.15) is 0 Å². The van der Waals surface area contributed by atoms with Crippen LogP contribution in [0, 0.1) is 0 Å². The number of benzene rings is 3. The number of para-hydroxylation sites is 1. The topological polar surface area (TPSA) is 69.2 Å². The molecule has 38 heavy (non-hydrogen) atoms. The fraction of sp³-hybridized carbons (Fsp3) is 0.333. The summed E-state index contributed by atoms with van der Waals surface area (Å²) < 4.78 is 0. The number of nitrogens with one attached hydrogen (secondary N) is 1. The number of hydrogen-bond donors (Lipinski definition) is 2. The average Bonchev–Trinajstić information content (AvgIpc) is 3.38. The Balaban J connectivity index is 1.55. The van der Waals surface area contributed by atoms with Crippen LogP contribution in [0.3, 0.4) is 0 Å². The predicted molar refractivity (Wildman–Crippen MR) is 155 cm³/mol. The number of fused-ring (bicyclic) bond motifs is 1. The molecule has 0 amide bonds. The molecule has 1 atom stereocenters. The Kier molecular flexibility index (Phi) is 8.04. The predicted octanol–water partition coefficient (Wildman–Crippen LogP) is 8.10. The highest BCUT2D eigenvalue weighted by molar-refractivity contribution is 5.92. The summed E-state index contributed by atoms with van der Waals surface area (Å²) in [5, 5.41) is 9.40. The number of carbonyl (C=O) groups is 1. The Hall–Kier alpha value is -3.70. The molecule has 2 N–H and O–H groups in total. The molecule has 196 valence electrons. The van der Waals surface area contributed by atoms with E-state index in [4.69, 9.17) is 4.98 Å². The van der Waals surface area contributed by atoms with Gasteiger partial charge in [-0.3, -0.25) is 4.90 Å². The maximum absolute atomic E-state index is 11.5. The first-order valence-electron chi connectivity index (χ1n) is 13.9. The smallest absolute Gasteiger partial charge is 0.335 e. The van der Waals surface area contributed by atoms with Crippen LogP contribution < -0.4 is 0 Å². The van der Waals surface area contributed by atoms with Gasteiger partial charge >= 0.3 is 5.97 Å². The van der Waals surface area contributed by atoms with Crippen LogP contribution >= 0.6 is 0 Å². The fourth-order valence-electron chi connectivity index (χ4n) is 5.67. The molecule has 0 bridgehead atoms. The van der Waals surface area contributed by atoms with Crippen LogP contribution in [0.25, 0.3) is 27.7 Å². The van der Waals surface area contributed by atoms with E-state index in [1.807, 2.05) is 12.1 Å². The molecule has 3 aromatic carbocycles. The van der Waals surface area contributed by atoms with Crippen LogP contribution in [0.5, 0.6) is 0 Å². The second-order valence-electron chi connectivity index (χ2n) is 10.2. The van der Waals surface area contributed by atoms with Crippen LogP contribution in [-0.4, -0.2) is 39.0 Å². The van der Waals surface area contributed by atoms with Gasteiger partial charge in [-0.05, 0) is 92.1 Å². The molecule has 5 nitrogen and oxygen atoms in total. The zero-order valence-electron chi connectivity index (χ0n) is 22.4. The Morgan fingerprint density at radius 3 is 2.29 bits per heavy atom. The normalized spacial score (nSPS) is 14.6. The molecule has 5 rings (SSSR count). The van der Waals surface area contributed by atoms with Crippen LogP contribution in [0.15, 0.2) is 72.8 Å². The molecule has 1 heterocycles. The number of aromatic nitrogens is 2. The Bertz CT molecular complexity index is 1410. The molecule has 1 aliphatic carbocycles. The molecule has 1 unspecified atom stereocenters. The van der Waals surface area contributed by atoms with Crippen LogP contribution in [0.2, 0.25) is 0 Å². The monoisotopic (exact) mass is 507 g/mol. The highest BCUT2D eigenvalue weighted by Crippen LogP contribution is 2.34. The molecule has 1 aromatic heterocycles. The van der Waals surface area contributed by atoms with E-state index < -0.39 is 5.97 Å². The summed E-state index contributed by atoms with van der Waals surface area (Å²) in [5.74, 6) is -0.0207. The van der Waals surface area contributed by atoms with Gasteiger partial charge < -0.3 is 10.1 Å². The summed E-state index contributed by atoms with van der Waals surface area (Å²) in [5.41, 5.74) is 8.38. The number of rotatable bonds is 10. The highest BCUT2D eigenvalue weighted by Gasteiger charge is 2.25. The third kappa shape index (κ3) is 5.44. The summed E-state index contributed by atoms with van der Waals surface area (Å²) in [6.07, 6.45) is 9.36. The lowest BCUT2D eigenvalue weighted by Gasteiger charge is -2.30. The van der Waals surface area contributed by atoms with Crippen molar-refractivity contribution in [2.75, 3.05) is 13.1 Å². The Morgan fingerprint density at radius 1 is 0.947 bits per heavy atom. The van der Waals surface area contributed by atoms with Gasteiger partial charge in [0.25, 0.3) is 0 Å². The summed E-state index contributed by atoms with van der Waals surface area (Å²) >= 11 is 0. The van der Waals surface area contributed by atoms with E-state index in [9.17, 15) is 9.90 Å². The van der Waals surface area contributed by atoms with Crippen molar-refractivity contribution in [1.82, 2.24) is 14.9 Å². The molecule has 0 saturated carbocycles. The van der Waals surface area contributed by atoms with Gasteiger partial charge in [-0.15, -0.1) is 0 Å². The van der Waals surface area contributed by atoms with Crippen LogP contribution in [0.4, 0.5) is 0 Å². The standard InChI is InChI=1S/C33H37N3O2/c1-3-21-36(22-4-2)31(26-17-19-27(20-18-26)33(37)38)32-34-29-12-8-11-28(30(29)35-32)25-15-13-24(14-16-25)23-9-6-5-7-10-23/h8-9,11-20,31H,3-7,10,21-22H2,1-2H3,(H,34,35)(H,37,38). The fourth-order valence-corrected chi connectivity index (χ4v) is 5.67. The molecule has 1 aliphatic rings. The van der Waals surface area contributed by atoms with E-state index >= 15 is 0 Å². The number of nitrogens with zero attached hydrogens (tertiary/aromatic N) is 2. The molecule has 0 aliphatic heterocycles. The van der Waals surface area contributed by atoms with Crippen molar-refractivity contribution in [2.24, 2.45) is 0 Å². The van der Waals surface area contributed by atoms with Crippen LogP contribution in [-0.2, 0) is 0 Å². The maximum atomic E-state index is 11.5. The first-order chi connectivity index (χ1) is 18.6. The van der Waals surface area contributed by atoms with Crippen molar-refractivity contribution in [2.45, 2.75) is 58.4 Å². The Labute approximate surface area is 225 Å². The van der Waals surface area contributed by atoms with E-state index in [1.54, 1.807) is 12.1 Å². The van der Waals surface area contributed by atoms with Gasteiger partial charge in [0.2, 0.25) is 0 Å². The van der Waals surface area contributed by atoms with E-state index in [-0.39, 0.29) is 6.04 Å². The Morgan fingerprint density at radius 2 is 1.66 bits per heavy atom. The van der Waals surface area contributed by atoms with E-state index in [1.165, 1.54) is 36.8 Å². The molecular formula is C33H37N3O2. The van der Waals surface area contributed by atoms with Crippen molar-refractivity contribution in [1.29, 1.82) is 0 Å². The number of aromatic amines is 1. The zero-order valence-corrected chi connectivity index (χ0v) is 22.4. The third-order valence-corrected chi connectivity index (χ3v) is 7.51. The molecule has 0 fully saturated rings. The van der Waals surface area contributed by atoms with Crippen LogP contribution in [0.1, 0.15) is 85.7 Å². The third-order valence-electron chi connectivity index (χ3n) is 7.51. The van der Waals surface area contributed by atoms with E-state index in [0.717, 1.165) is 59.5 Å². The number of allylic oxidation sites excluding steroid dienone is 2. The van der Waals surface area contributed by atoms with Gasteiger partial charge in [-0.25, -0.2) is 9.78 Å². The molecule has 0 radical (unpaired) electrons. The van der Waals surface area contributed by atoms with Gasteiger partial charge in [0.15, 0.2) is 0 Å². The van der Waals surface area contributed by atoms with Gasteiger partial charge in [0, 0.05) is 5.56 Å². The number of aromatic carboxylic acids is 1. The number of carboxylic acid groups (broad SMARTS) is 1. The molecule has 0 saturated heterocycles. The average molecular weight is 508 g/mol. The van der Waals surface area contributed by atoms with Crippen molar-refractivity contribution >= 4 is 22.6 Å². The molecule has 0 spiro atoms. The quantitative estimate of drug-likeness (QED) is 0.227. The zero-order chi connectivity index (χ0) is 26.5. The first-order valence-corrected chi connectivity index (χ1v) is 13.9. The number of H-pyrrole nitrogens is 1. The molecule has 5 heteroatoms. The van der Waals surface area contributed by atoms with Crippen molar-refractivity contribution < 1.29 is 9.90 Å². The minimum atomic E-state index is -0.911. The van der Waals surface area contributed by atoms with Crippen molar-refractivity contribution in [3.63, 3.8) is 0 Å². The molecular weight excluding hydrogens is 470 g/mol. The van der Waals surface area contributed by atoms with Gasteiger partial charge in [-0.1, -0.05) is 68.5 Å². The first kappa shape index (κ1) is 25.9. The van der Waals surface area contributed by atoms with Crippen molar-refractivity contribution in [3.05, 3.63) is 95.3 Å². The highest BCUT2D eigenvalue weighted by atomic mass is 16.4. The number of imidazole rings is 1. The lowest BCUT2D eigenvalue weighted by molar-refractivity contribution is 0.0697. The summed E-state index contributed by atoms with van der Waals surface area (Å²) in [6, 6.07) is 22.4. The summed E-state index contributed by atoms with van der Waals surface area (Å²) in [4.78, 5) is 22.7. The van der Waals surface area contributed by atoms with E-state index in [0.29, 0.717) is 5.56 Å². The second kappa shape index (κ2) is 11.8. The maximum Gasteiger partial charge on any atom is 0.335 e. The second-order valence-corrected chi connectivity index (χ2v) is 10.2. The lowest BCUT2D eigenvalue weighted by atomic mass is 9.92. The lowest BCUT2D eigenvalue weighted by Crippen LogP contribution is -2.32. The minimum absolute atomic E-state index is 0.0846. The number of carboxylic acids is 1. The number of hydrogen-bond acceptors (Lipinski definition) is 3. The molecule has 4 aromatic rings. The van der Waals surface area contributed by atoms with Crippen molar-refractivity contribution in [3.8, 4) is 11.1 Å². The minimum Gasteiger partial charge on any atom is -0.478 e. The SMILES string of the molecule is CCCN(CCC)C(c1ccc(C(=O)O)cc1)c1nc2c(-c3ccc(C4=CCCCC4)cc3)cccc2[nH]1. The van der Waals surface area contributed by atoms with Gasteiger partial charge in [0.1, 0.15) is 5.82 Å². The summed E-state index contributed by atoms with van der Waals surface area (Å²) in [6.45, 7) is 6.24. The van der Waals surface area contributed by atoms with Gasteiger partial charge in [0.05, 0.1) is 22.6 Å².